The Kier molecular flexibility index (Phi) is 7.79. The number of carbonyl (C=O) groups is 2. The van der Waals surface area contributed by atoms with Crippen LogP contribution in [0.4, 0.5) is 4.79 Å². The van der Waals surface area contributed by atoms with Gasteiger partial charge in [-0.05, 0) is 17.7 Å². The Hall–Kier alpha value is -3.10. The summed E-state index contributed by atoms with van der Waals surface area (Å²) >= 11 is 0. The Balaban J connectivity index is 1.99. The minimum absolute atomic E-state index is 0.0835. The highest BCUT2D eigenvalue weighted by Crippen LogP contribution is 2.36. The molecule has 0 bridgehead atoms. The van der Waals surface area contributed by atoms with Crippen molar-refractivity contribution in [1.82, 2.24) is 5.32 Å². The average molecular weight is 389 g/mol. The van der Waals surface area contributed by atoms with Crippen LogP contribution in [0.25, 0.3) is 0 Å². The Morgan fingerprint density at radius 1 is 1.11 bits per heavy atom. The molecule has 0 aliphatic rings. The van der Waals surface area contributed by atoms with Crippen LogP contribution in [-0.4, -0.2) is 49.5 Å². The Morgan fingerprint density at radius 2 is 1.71 bits per heavy atom. The maximum absolute atomic E-state index is 11.8. The van der Waals surface area contributed by atoms with Gasteiger partial charge in [-0.3, -0.25) is 4.79 Å². The number of methoxy groups -OCH3 is 2. The Labute approximate surface area is 162 Å². The summed E-state index contributed by atoms with van der Waals surface area (Å²) in [5.41, 5.74) is 1.28. The fraction of sp³-hybridized carbons (Fsp3) is 0.300. The summed E-state index contributed by atoms with van der Waals surface area (Å²) in [6, 6.07) is 12.0. The Morgan fingerprint density at radius 3 is 2.25 bits per heavy atom. The number of amides is 1. The smallest absolute Gasteiger partial charge is 0.407 e. The molecule has 2 aromatic rings. The van der Waals surface area contributed by atoms with E-state index >= 15 is 0 Å². The lowest BCUT2D eigenvalue weighted by atomic mass is 10.00. The van der Waals surface area contributed by atoms with E-state index in [-0.39, 0.29) is 30.2 Å². The van der Waals surface area contributed by atoms with Gasteiger partial charge in [-0.25, -0.2) is 4.79 Å². The third-order valence-corrected chi connectivity index (χ3v) is 4.03. The van der Waals surface area contributed by atoms with Crippen molar-refractivity contribution in [1.29, 1.82) is 0 Å². The molecule has 8 nitrogen and oxygen atoms in total. The summed E-state index contributed by atoms with van der Waals surface area (Å²) in [5, 5.41) is 23.2. The van der Waals surface area contributed by atoms with Crippen molar-refractivity contribution in [2.24, 2.45) is 0 Å². The fourth-order valence-electron chi connectivity index (χ4n) is 2.58. The maximum Gasteiger partial charge on any atom is 0.407 e. The Bertz CT molecular complexity index is 769. The summed E-state index contributed by atoms with van der Waals surface area (Å²) < 4.78 is 15.4. The molecule has 2 atom stereocenters. The third kappa shape index (κ3) is 5.45. The number of alkyl carbamates (subject to hydrolysis) is 1. The molecular formula is C20H23NO7. The lowest BCUT2D eigenvalue weighted by Crippen LogP contribution is -2.36. The highest BCUT2D eigenvalue weighted by atomic mass is 16.5. The number of ether oxygens (including phenoxy) is 3. The summed E-state index contributed by atoms with van der Waals surface area (Å²) in [7, 11) is 2.73. The zero-order valence-electron chi connectivity index (χ0n) is 15.6. The molecule has 0 spiro atoms. The van der Waals surface area contributed by atoms with Gasteiger partial charge in [0.25, 0.3) is 0 Å². The van der Waals surface area contributed by atoms with Crippen molar-refractivity contribution >= 4 is 12.4 Å². The molecule has 3 N–H and O–H groups in total. The number of carbonyl (C=O) groups excluding carboxylic acids is 2. The minimum Gasteiger partial charge on any atom is -0.496 e. The number of aliphatic hydroxyl groups excluding tert-OH is 2. The highest BCUT2D eigenvalue weighted by molar-refractivity contribution is 5.77. The minimum atomic E-state index is -1.43. The van der Waals surface area contributed by atoms with E-state index in [1.54, 1.807) is 0 Å². The van der Waals surface area contributed by atoms with Crippen LogP contribution >= 0.6 is 0 Å². The zero-order chi connectivity index (χ0) is 20.5. The third-order valence-electron chi connectivity index (χ3n) is 4.03. The lowest BCUT2D eigenvalue weighted by Gasteiger charge is -2.23. The van der Waals surface area contributed by atoms with Crippen molar-refractivity contribution in [2.45, 2.75) is 18.8 Å². The van der Waals surface area contributed by atoms with E-state index in [0.717, 1.165) is 5.56 Å². The largest absolute Gasteiger partial charge is 0.496 e. The van der Waals surface area contributed by atoms with Gasteiger partial charge >= 0.3 is 6.09 Å². The number of hydrogen-bond donors (Lipinski definition) is 3. The summed E-state index contributed by atoms with van der Waals surface area (Å²) in [4.78, 5) is 22.8. The van der Waals surface area contributed by atoms with E-state index in [1.807, 2.05) is 30.3 Å². The number of nitrogens with one attached hydrogen (secondary N) is 1. The maximum atomic E-state index is 11.8. The molecule has 0 fully saturated rings. The first-order valence-electron chi connectivity index (χ1n) is 8.52. The van der Waals surface area contributed by atoms with Crippen molar-refractivity contribution in [2.75, 3.05) is 20.8 Å². The lowest BCUT2D eigenvalue weighted by molar-refractivity contribution is 0.0157. The van der Waals surface area contributed by atoms with Crippen LogP contribution in [0.1, 0.15) is 27.6 Å². The SMILES string of the molecule is COc1cc(C=O)cc(OC)c1C(O)C(O)CNC(=O)OCc1ccccc1. The van der Waals surface area contributed by atoms with Gasteiger partial charge in [-0.2, -0.15) is 0 Å². The van der Waals surface area contributed by atoms with E-state index < -0.39 is 18.3 Å². The van der Waals surface area contributed by atoms with Crippen molar-refractivity contribution in [3.05, 3.63) is 59.2 Å². The van der Waals surface area contributed by atoms with Crippen molar-refractivity contribution < 1.29 is 34.0 Å². The van der Waals surface area contributed by atoms with Crippen LogP contribution in [0.5, 0.6) is 11.5 Å². The van der Waals surface area contributed by atoms with E-state index in [1.165, 1.54) is 26.4 Å². The van der Waals surface area contributed by atoms with Crippen LogP contribution in [0.15, 0.2) is 42.5 Å². The van der Waals surface area contributed by atoms with Crippen LogP contribution in [0, 0.1) is 0 Å². The van der Waals surface area contributed by atoms with E-state index in [9.17, 15) is 19.8 Å². The molecule has 150 valence electrons. The van der Waals surface area contributed by atoms with Crippen molar-refractivity contribution in [3.8, 4) is 11.5 Å². The molecule has 28 heavy (non-hydrogen) atoms. The average Bonchev–Trinajstić information content (AvgIpc) is 2.74. The molecule has 0 saturated carbocycles. The second-order valence-electron chi connectivity index (χ2n) is 5.91. The topological polar surface area (TPSA) is 114 Å². The van der Waals surface area contributed by atoms with E-state index in [4.69, 9.17) is 14.2 Å². The fourth-order valence-corrected chi connectivity index (χ4v) is 2.58. The van der Waals surface area contributed by atoms with Crippen LogP contribution in [-0.2, 0) is 11.3 Å². The number of rotatable bonds is 9. The van der Waals surface area contributed by atoms with Crippen molar-refractivity contribution in [3.63, 3.8) is 0 Å². The van der Waals surface area contributed by atoms with Gasteiger partial charge in [0.2, 0.25) is 0 Å². The number of hydrogen-bond acceptors (Lipinski definition) is 7. The quantitative estimate of drug-likeness (QED) is 0.561. The van der Waals surface area contributed by atoms with Gasteiger partial charge in [0.05, 0.1) is 19.8 Å². The molecule has 0 aliphatic heterocycles. The molecule has 2 unspecified atom stereocenters. The predicted molar refractivity (Wildman–Crippen MR) is 101 cm³/mol. The molecular weight excluding hydrogens is 366 g/mol. The van der Waals surface area contributed by atoms with Gasteiger partial charge in [0.15, 0.2) is 0 Å². The van der Waals surface area contributed by atoms with Gasteiger partial charge < -0.3 is 29.7 Å². The zero-order valence-corrected chi connectivity index (χ0v) is 15.6. The summed E-state index contributed by atoms with van der Waals surface area (Å²) in [6.07, 6.45) is -2.92. The first kappa shape index (κ1) is 21.2. The van der Waals surface area contributed by atoms with Gasteiger partial charge in [-0.1, -0.05) is 30.3 Å². The van der Waals surface area contributed by atoms with Crippen LogP contribution < -0.4 is 14.8 Å². The molecule has 1 amide bonds. The summed E-state index contributed by atoms with van der Waals surface area (Å²) in [5.74, 6) is 0.360. The molecule has 0 heterocycles. The number of aldehydes is 1. The molecule has 8 heteroatoms. The summed E-state index contributed by atoms with van der Waals surface area (Å²) in [6.45, 7) is -0.184. The highest BCUT2D eigenvalue weighted by Gasteiger charge is 2.27. The second-order valence-corrected chi connectivity index (χ2v) is 5.91. The predicted octanol–water partition coefficient (Wildman–Crippen LogP) is 1.84. The molecule has 2 rings (SSSR count). The second kappa shape index (κ2) is 10.3. The van der Waals surface area contributed by atoms with E-state index in [2.05, 4.69) is 5.32 Å². The normalized spacial score (nSPS) is 12.6. The van der Waals surface area contributed by atoms with Gasteiger partial charge in [0.1, 0.15) is 36.6 Å². The first-order chi connectivity index (χ1) is 13.5. The molecule has 0 aliphatic carbocycles. The monoisotopic (exact) mass is 389 g/mol. The molecule has 0 saturated heterocycles. The van der Waals surface area contributed by atoms with Crippen LogP contribution in [0.3, 0.4) is 0 Å². The molecule has 2 aromatic carbocycles. The van der Waals surface area contributed by atoms with Crippen LogP contribution in [0.2, 0.25) is 0 Å². The standard InChI is InChI=1S/C20H23NO7/c1-26-16-8-14(11-22)9-17(27-2)18(16)19(24)15(23)10-21-20(25)28-12-13-6-4-3-5-7-13/h3-9,11,15,19,23-24H,10,12H2,1-2H3,(H,21,25). The number of aliphatic hydroxyl groups is 2. The van der Waals surface area contributed by atoms with Gasteiger partial charge in [0, 0.05) is 12.1 Å². The molecule has 0 aromatic heterocycles. The number of benzene rings is 2. The van der Waals surface area contributed by atoms with E-state index in [0.29, 0.717) is 11.8 Å². The first-order valence-corrected chi connectivity index (χ1v) is 8.52. The van der Waals surface area contributed by atoms with Gasteiger partial charge in [-0.15, -0.1) is 0 Å². The molecule has 0 radical (unpaired) electrons.